The first-order valence-corrected chi connectivity index (χ1v) is 9.58. The van der Waals surface area contributed by atoms with Crippen LogP contribution in [-0.4, -0.2) is 75.9 Å². The van der Waals surface area contributed by atoms with Gasteiger partial charge in [-0.05, 0) is 26.7 Å². The largest absolute Gasteiger partial charge is 0.437 e. The number of nitrogens with zero attached hydrogens (tertiary/aromatic N) is 4. The maximum Gasteiger partial charge on any atom is 0.425 e. The van der Waals surface area contributed by atoms with Gasteiger partial charge in [-0.3, -0.25) is 4.79 Å². The van der Waals surface area contributed by atoms with E-state index in [1.807, 2.05) is 11.5 Å². The molecule has 1 N–H and O–H groups in total. The Balaban J connectivity index is 1.60. The summed E-state index contributed by atoms with van der Waals surface area (Å²) in [5, 5.41) is 3.20. The molecule has 0 aliphatic carbocycles. The Kier molecular flexibility index (Phi) is 5.79. The molecule has 162 valence electrons. The molecule has 2 aliphatic heterocycles. The van der Waals surface area contributed by atoms with Crippen LogP contribution in [0.25, 0.3) is 0 Å². The fraction of sp³-hybridized carbons (Fsp3) is 0.722. The molecule has 0 spiro atoms. The van der Waals surface area contributed by atoms with E-state index in [2.05, 4.69) is 15.0 Å². The van der Waals surface area contributed by atoms with Crippen molar-refractivity contribution in [3.05, 3.63) is 17.7 Å². The second-order valence-corrected chi connectivity index (χ2v) is 7.83. The van der Waals surface area contributed by atoms with Crippen molar-refractivity contribution in [2.75, 3.05) is 26.7 Å². The molecule has 3 heterocycles. The third-order valence-corrected chi connectivity index (χ3v) is 5.84. The first-order valence-electron chi connectivity index (χ1n) is 9.58. The third-order valence-electron chi connectivity index (χ3n) is 5.84. The van der Waals surface area contributed by atoms with Crippen molar-refractivity contribution >= 4 is 12.0 Å². The van der Waals surface area contributed by atoms with Crippen molar-refractivity contribution in [2.45, 2.75) is 57.6 Å². The topological polar surface area (TPSA) is 79.7 Å². The van der Waals surface area contributed by atoms with Crippen molar-refractivity contribution in [2.24, 2.45) is 0 Å². The van der Waals surface area contributed by atoms with Gasteiger partial charge in [0.2, 0.25) is 0 Å². The molecule has 2 amide bonds. The number of hydrogen-bond acceptors (Lipinski definition) is 5. The van der Waals surface area contributed by atoms with Gasteiger partial charge in [0.1, 0.15) is 11.5 Å². The van der Waals surface area contributed by atoms with Crippen LogP contribution in [0.15, 0.2) is 6.20 Å². The van der Waals surface area contributed by atoms with Crippen molar-refractivity contribution in [3.8, 4) is 0 Å². The average Bonchev–Trinajstić information content (AvgIpc) is 3.10. The van der Waals surface area contributed by atoms with Crippen LogP contribution in [0, 0.1) is 0 Å². The monoisotopic (exact) mass is 417 g/mol. The molecule has 1 saturated heterocycles. The van der Waals surface area contributed by atoms with E-state index < -0.39 is 23.9 Å². The Labute approximate surface area is 167 Å². The number of imidazole rings is 1. The second kappa shape index (κ2) is 7.85. The molecule has 0 radical (unpaired) electrons. The van der Waals surface area contributed by atoms with Crippen LogP contribution in [0.1, 0.15) is 43.0 Å². The normalized spacial score (nSPS) is 20.0. The van der Waals surface area contributed by atoms with E-state index in [1.165, 1.54) is 4.90 Å². The van der Waals surface area contributed by atoms with E-state index in [4.69, 9.17) is 0 Å². The number of nitrogens with one attached hydrogen (secondary N) is 1. The lowest BCUT2D eigenvalue weighted by Crippen LogP contribution is -2.55. The Morgan fingerprint density at radius 2 is 1.97 bits per heavy atom. The van der Waals surface area contributed by atoms with Crippen LogP contribution >= 0.6 is 0 Å². The average molecular weight is 417 g/mol. The fourth-order valence-electron chi connectivity index (χ4n) is 3.51. The van der Waals surface area contributed by atoms with E-state index >= 15 is 0 Å². The van der Waals surface area contributed by atoms with Crippen LogP contribution < -0.4 is 5.32 Å². The standard InChI is InChI=1S/C18H26F3N5O3/c1-12(18(19,20)21)29-16(28)25-7-4-17(2,5-8-25)24(3)15(27)13-11-26-9-6-22-10-14(26)23-13/h11-12,22H,4-10H2,1-3H3. The summed E-state index contributed by atoms with van der Waals surface area (Å²) >= 11 is 0. The number of likely N-dealkylation sites (tertiary alicyclic amines) is 1. The smallest absolute Gasteiger partial charge is 0.425 e. The van der Waals surface area contributed by atoms with Gasteiger partial charge in [-0.1, -0.05) is 0 Å². The molecule has 2 aliphatic rings. The number of fused-ring (bicyclic) bond motifs is 1. The van der Waals surface area contributed by atoms with Gasteiger partial charge >= 0.3 is 12.3 Å². The van der Waals surface area contributed by atoms with Gasteiger partial charge in [0.25, 0.3) is 5.91 Å². The molecule has 1 unspecified atom stereocenters. The number of amides is 2. The zero-order valence-electron chi connectivity index (χ0n) is 16.8. The van der Waals surface area contributed by atoms with Crippen molar-refractivity contribution < 1.29 is 27.5 Å². The Bertz CT molecular complexity index is 748. The van der Waals surface area contributed by atoms with Gasteiger partial charge < -0.3 is 24.4 Å². The highest BCUT2D eigenvalue weighted by Crippen LogP contribution is 2.30. The van der Waals surface area contributed by atoms with Crippen LogP contribution in [0.3, 0.4) is 0 Å². The first kappa shape index (κ1) is 21.4. The fourth-order valence-corrected chi connectivity index (χ4v) is 3.51. The Morgan fingerprint density at radius 1 is 1.31 bits per heavy atom. The number of piperidine rings is 1. The highest BCUT2D eigenvalue weighted by Gasteiger charge is 2.42. The molecule has 0 aromatic carbocycles. The first-order chi connectivity index (χ1) is 13.5. The molecule has 0 bridgehead atoms. The Morgan fingerprint density at radius 3 is 2.55 bits per heavy atom. The molecule has 29 heavy (non-hydrogen) atoms. The van der Waals surface area contributed by atoms with Gasteiger partial charge in [-0.25, -0.2) is 9.78 Å². The molecule has 1 fully saturated rings. The predicted octanol–water partition coefficient (Wildman–Crippen LogP) is 2.00. The van der Waals surface area contributed by atoms with Gasteiger partial charge in [0.15, 0.2) is 6.10 Å². The summed E-state index contributed by atoms with van der Waals surface area (Å²) in [6.07, 6.45) is -5.12. The highest BCUT2D eigenvalue weighted by molar-refractivity contribution is 5.92. The SMILES string of the molecule is CC(OC(=O)N1CCC(C)(N(C)C(=O)c2cn3c(n2)CNCC3)CC1)C(F)(F)F. The summed E-state index contributed by atoms with van der Waals surface area (Å²) in [6.45, 7) is 5.32. The van der Waals surface area contributed by atoms with E-state index in [0.717, 1.165) is 25.8 Å². The number of carbonyl (C=O) groups is 2. The van der Waals surface area contributed by atoms with E-state index in [0.29, 0.717) is 25.1 Å². The van der Waals surface area contributed by atoms with Gasteiger partial charge in [0, 0.05) is 45.0 Å². The molecule has 1 aromatic rings. The van der Waals surface area contributed by atoms with E-state index in [1.54, 1.807) is 18.1 Å². The van der Waals surface area contributed by atoms with E-state index in [9.17, 15) is 22.8 Å². The minimum absolute atomic E-state index is 0.209. The molecule has 1 atom stereocenters. The van der Waals surface area contributed by atoms with Crippen LogP contribution in [-0.2, 0) is 17.8 Å². The van der Waals surface area contributed by atoms with Crippen LogP contribution in [0.4, 0.5) is 18.0 Å². The molecular formula is C18H26F3N5O3. The lowest BCUT2D eigenvalue weighted by atomic mass is 9.88. The Hall–Kier alpha value is -2.30. The summed E-state index contributed by atoms with van der Waals surface area (Å²) < 4.78 is 44.2. The minimum atomic E-state index is -4.59. The van der Waals surface area contributed by atoms with Crippen molar-refractivity contribution in [1.82, 2.24) is 24.7 Å². The lowest BCUT2D eigenvalue weighted by molar-refractivity contribution is -0.200. The van der Waals surface area contributed by atoms with Gasteiger partial charge in [0.05, 0.1) is 6.54 Å². The van der Waals surface area contributed by atoms with Crippen molar-refractivity contribution in [1.29, 1.82) is 0 Å². The molecule has 3 rings (SSSR count). The molecular weight excluding hydrogens is 391 g/mol. The quantitative estimate of drug-likeness (QED) is 0.814. The van der Waals surface area contributed by atoms with Gasteiger partial charge in [-0.15, -0.1) is 0 Å². The number of alkyl halides is 3. The molecule has 0 saturated carbocycles. The molecule has 1 aromatic heterocycles. The summed E-state index contributed by atoms with van der Waals surface area (Å²) in [7, 11) is 1.69. The lowest BCUT2D eigenvalue weighted by Gasteiger charge is -2.44. The minimum Gasteiger partial charge on any atom is -0.437 e. The number of hydrogen-bond donors (Lipinski definition) is 1. The van der Waals surface area contributed by atoms with E-state index in [-0.39, 0.29) is 19.0 Å². The summed E-state index contributed by atoms with van der Waals surface area (Å²) in [5.74, 6) is 0.602. The maximum atomic E-state index is 12.9. The van der Waals surface area contributed by atoms with Crippen LogP contribution in [0.2, 0.25) is 0 Å². The summed E-state index contributed by atoms with van der Waals surface area (Å²) in [5.41, 5.74) is -0.167. The number of carbonyl (C=O) groups excluding carboxylic acids is 2. The third kappa shape index (κ3) is 4.49. The number of halogens is 3. The predicted molar refractivity (Wildman–Crippen MR) is 97.2 cm³/mol. The molecule has 11 heteroatoms. The van der Waals surface area contributed by atoms with Crippen molar-refractivity contribution in [3.63, 3.8) is 0 Å². The number of rotatable bonds is 3. The zero-order chi connectivity index (χ0) is 21.4. The second-order valence-electron chi connectivity index (χ2n) is 7.83. The summed E-state index contributed by atoms with van der Waals surface area (Å²) in [4.78, 5) is 32.2. The zero-order valence-corrected chi connectivity index (χ0v) is 16.8. The number of aromatic nitrogens is 2. The molecule has 8 nitrogen and oxygen atoms in total. The maximum absolute atomic E-state index is 12.9. The number of ether oxygens (including phenoxy) is 1. The van der Waals surface area contributed by atoms with Gasteiger partial charge in [-0.2, -0.15) is 13.2 Å². The summed E-state index contributed by atoms with van der Waals surface area (Å²) in [6, 6.07) is 0. The highest BCUT2D eigenvalue weighted by atomic mass is 19.4. The van der Waals surface area contributed by atoms with Crippen LogP contribution in [0.5, 0.6) is 0 Å².